The maximum atomic E-state index is 12.7. The van der Waals surface area contributed by atoms with Gasteiger partial charge in [0.15, 0.2) is 11.5 Å². The van der Waals surface area contributed by atoms with E-state index in [2.05, 4.69) is 0 Å². The van der Waals surface area contributed by atoms with Gasteiger partial charge in [-0.2, -0.15) is 0 Å². The van der Waals surface area contributed by atoms with E-state index in [1.165, 1.54) is 12.1 Å². The molecule has 1 aromatic rings. The number of nitrogens with two attached hydrogens (primary N) is 1. The van der Waals surface area contributed by atoms with E-state index < -0.39 is 60.5 Å². The van der Waals surface area contributed by atoms with Crippen molar-refractivity contribution in [2.24, 2.45) is 17.6 Å². The van der Waals surface area contributed by atoms with Gasteiger partial charge in [-0.25, -0.2) is 14.4 Å². The summed E-state index contributed by atoms with van der Waals surface area (Å²) < 4.78 is 37.1. The topological polar surface area (TPSA) is 159 Å². The molecule has 0 saturated heterocycles. The van der Waals surface area contributed by atoms with E-state index in [1.54, 1.807) is 47.6 Å². The molecule has 12 nitrogen and oxygen atoms in total. The fourth-order valence-corrected chi connectivity index (χ4v) is 2.92. The van der Waals surface area contributed by atoms with Crippen LogP contribution in [0.2, 0.25) is 0 Å². The molecule has 0 saturated carbocycles. The Hall–Kier alpha value is -3.54. The fraction of sp³-hybridized carbons (Fsp3) is 0.677. The monoisotopic (exact) mass is 611 g/mol. The van der Waals surface area contributed by atoms with Gasteiger partial charge in [0.05, 0.1) is 0 Å². The molecule has 0 aliphatic heterocycles. The number of ether oxygens (including phenoxy) is 7. The molecule has 0 spiro atoms. The molecule has 244 valence electrons. The predicted molar refractivity (Wildman–Crippen MR) is 158 cm³/mol. The molecule has 2 N–H and O–H groups in total. The average Bonchev–Trinajstić information content (AvgIpc) is 2.89. The first-order chi connectivity index (χ1) is 19.8. The Morgan fingerprint density at radius 2 is 1.16 bits per heavy atom. The van der Waals surface area contributed by atoms with E-state index in [4.69, 9.17) is 38.9 Å². The molecule has 12 heteroatoms. The normalized spacial score (nSPS) is 15.0. The number of hydrogen-bond acceptors (Lipinski definition) is 12. The summed E-state index contributed by atoms with van der Waals surface area (Å²) in [6.45, 7) is 19.5. The third-order valence-corrected chi connectivity index (χ3v) is 7.05. The minimum atomic E-state index is -1.12. The van der Waals surface area contributed by atoms with Gasteiger partial charge in [0, 0.05) is 0 Å². The second-order valence-electron chi connectivity index (χ2n) is 11.9. The highest BCUT2D eigenvalue weighted by molar-refractivity contribution is 5.76. The van der Waals surface area contributed by atoms with E-state index in [-0.39, 0.29) is 29.8 Å². The number of carbonyl (C=O) groups excluding carboxylic acids is 4. The molecule has 0 bridgehead atoms. The molecule has 0 aromatic heterocycles. The van der Waals surface area contributed by atoms with Crippen molar-refractivity contribution in [2.45, 2.75) is 125 Å². The van der Waals surface area contributed by atoms with E-state index in [1.807, 2.05) is 34.6 Å². The number of esters is 1. The summed E-state index contributed by atoms with van der Waals surface area (Å²) in [5.41, 5.74) is 5.89. The van der Waals surface area contributed by atoms with E-state index in [9.17, 15) is 19.2 Å². The van der Waals surface area contributed by atoms with Gasteiger partial charge >= 0.3 is 24.4 Å². The van der Waals surface area contributed by atoms with Crippen LogP contribution in [-0.2, 0) is 34.9 Å². The second-order valence-corrected chi connectivity index (χ2v) is 11.9. The molecule has 0 aliphatic rings. The summed E-state index contributed by atoms with van der Waals surface area (Å²) in [5, 5.41) is 0. The van der Waals surface area contributed by atoms with Crippen molar-refractivity contribution in [2.75, 3.05) is 0 Å². The highest BCUT2D eigenvalue weighted by Crippen LogP contribution is 2.30. The van der Waals surface area contributed by atoms with Crippen LogP contribution in [0.3, 0.4) is 0 Å². The molecule has 0 aliphatic carbocycles. The molecule has 5 atom stereocenters. The molecule has 3 unspecified atom stereocenters. The maximum absolute atomic E-state index is 12.7. The number of carbonyl (C=O) groups is 4. The quantitative estimate of drug-likeness (QED) is 0.142. The summed E-state index contributed by atoms with van der Waals surface area (Å²) >= 11 is 0. The van der Waals surface area contributed by atoms with Gasteiger partial charge < -0.3 is 38.9 Å². The largest absolute Gasteiger partial charge is 0.514 e. The van der Waals surface area contributed by atoms with E-state index >= 15 is 0 Å². The van der Waals surface area contributed by atoms with Crippen molar-refractivity contribution in [1.29, 1.82) is 0 Å². The van der Waals surface area contributed by atoms with Crippen LogP contribution in [0, 0.1) is 11.8 Å². The van der Waals surface area contributed by atoms with Crippen LogP contribution in [0.15, 0.2) is 18.2 Å². The van der Waals surface area contributed by atoms with Crippen LogP contribution in [0.5, 0.6) is 11.5 Å². The Kier molecular flexibility index (Phi) is 14.8. The van der Waals surface area contributed by atoms with Crippen molar-refractivity contribution >= 4 is 24.4 Å². The molecule has 0 fully saturated rings. The first-order valence-electron chi connectivity index (χ1n) is 14.6. The Bertz CT molecular complexity index is 1090. The lowest BCUT2D eigenvalue weighted by Gasteiger charge is -2.26. The lowest BCUT2D eigenvalue weighted by Crippen LogP contribution is -2.40. The molecule has 1 aromatic carbocycles. The Morgan fingerprint density at radius 1 is 0.698 bits per heavy atom. The molecule has 43 heavy (non-hydrogen) atoms. The highest BCUT2D eigenvalue weighted by Gasteiger charge is 2.28. The van der Waals surface area contributed by atoms with E-state index in [0.717, 1.165) is 0 Å². The van der Waals surface area contributed by atoms with Gasteiger partial charge in [0.2, 0.25) is 0 Å². The van der Waals surface area contributed by atoms with Crippen molar-refractivity contribution in [3.05, 3.63) is 23.8 Å². The third kappa shape index (κ3) is 13.5. The van der Waals surface area contributed by atoms with Gasteiger partial charge in [0.25, 0.3) is 0 Å². The summed E-state index contributed by atoms with van der Waals surface area (Å²) in [6, 6.07) is 3.23. The zero-order valence-corrected chi connectivity index (χ0v) is 27.3. The van der Waals surface area contributed by atoms with Gasteiger partial charge in [-0.3, -0.25) is 4.79 Å². The molecule has 1 rings (SSSR count). The zero-order chi connectivity index (χ0) is 33.1. The smallest absolute Gasteiger partial charge is 0.458 e. The van der Waals surface area contributed by atoms with Crippen LogP contribution in [0.25, 0.3) is 0 Å². The van der Waals surface area contributed by atoms with Crippen molar-refractivity contribution in [3.8, 4) is 11.5 Å². The van der Waals surface area contributed by atoms with Crippen LogP contribution in [0.1, 0.15) is 88.1 Å². The molecule has 0 heterocycles. The second kappa shape index (κ2) is 16.9. The minimum Gasteiger partial charge on any atom is -0.458 e. The van der Waals surface area contributed by atoms with Crippen molar-refractivity contribution in [1.82, 2.24) is 0 Å². The lowest BCUT2D eigenvalue weighted by molar-refractivity contribution is -0.156. The van der Waals surface area contributed by atoms with Crippen molar-refractivity contribution < 1.29 is 52.3 Å². The molecular formula is C31H49NO11. The van der Waals surface area contributed by atoms with Gasteiger partial charge in [-0.05, 0) is 83.9 Å². The SMILES string of the molecule is CCC(C)(C)OC(=O)OC(C)C(C)OC(=O)[C@@H](N)Cc1ccc(OC(=O)O[C@@H](C)C(C)C)c(OC(=O)OC(C)C(C)C)c1. The van der Waals surface area contributed by atoms with Gasteiger partial charge in [0.1, 0.15) is 36.1 Å². The van der Waals surface area contributed by atoms with E-state index in [0.29, 0.717) is 12.0 Å². The zero-order valence-electron chi connectivity index (χ0n) is 27.3. The standard InChI is InChI=1S/C31H49NO11/c1-12-31(10,11)43-30(36)40-22(9)21(8)37-27(33)24(32)15-23-13-14-25(41-28(34)38-19(6)17(2)3)26(16-23)42-29(35)39-20(7)18(4)5/h13-14,16-22,24H,12,15,32H2,1-11H3/t19-,20?,21?,22?,24-/m0/s1. The lowest BCUT2D eigenvalue weighted by atomic mass is 10.1. The number of hydrogen-bond donors (Lipinski definition) is 1. The predicted octanol–water partition coefficient (Wildman–Crippen LogP) is 6.34. The Morgan fingerprint density at radius 3 is 1.65 bits per heavy atom. The van der Waals surface area contributed by atoms with Gasteiger partial charge in [-0.1, -0.05) is 40.7 Å². The van der Waals surface area contributed by atoms with Gasteiger partial charge in [-0.15, -0.1) is 0 Å². The first-order valence-corrected chi connectivity index (χ1v) is 14.6. The molecule has 0 amide bonds. The minimum absolute atomic E-state index is 0.0174. The summed E-state index contributed by atoms with van der Waals surface area (Å²) in [7, 11) is 0. The summed E-state index contributed by atoms with van der Waals surface area (Å²) in [4.78, 5) is 49.6. The highest BCUT2D eigenvalue weighted by atomic mass is 16.8. The van der Waals surface area contributed by atoms with Crippen molar-refractivity contribution in [3.63, 3.8) is 0 Å². The van der Waals surface area contributed by atoms with Crippen LogP contribution in [-0.4, -0.2) is 60.5 Å². The van der Waals surface area contributed by atoms with Crippen LogP contribution < -0.4 is 15.2 Å². The number of rotatable bonds is 14. The number of benzene rings is 1. The Labute approximate surface area is 254 Å². The summed E-state index contributed by atoms with van der Waals surface area (Å²) in [5.74, 6) is -0.872. The maximum Gasteiger partial charge on any atom is 0.514 e. The third-order valence-electron chi connectivity index (χ3n) is 7.05. The van der Waals surface area contributed by atoms with Crippen LogP contribution in [0.4, 0.5) is 14.4 Å². The first kappa shape index (κ1) is 37.5. The Balaban J connectivity index is 2.99. The molecule has 0 radical (unpaired) electrons. The van der Waals surface area contributed by atoms with Crippen LogP contribution >= 0.6 is 0 Å². The average molecular weight is 612 g/mol. The molecular weight excluding hydrogens is 562 g/mol. The fourth-order valence-electron chi connectivity index (χ4n) is 2.92. The summed E-state index contributed by atoms with van der Waals surface area (Å²) in [6.07, 6.45) is -4.74.